The van der Waals surface area contributed by atoms with E-state index in [9.17, 15) is 5.11 Å². The van der Waals surface area contributed by atoms with Gasteiger partial charge in [-0.2, -0.15) is 0 Å². The Morgan fingerprint density at radius 3 is 2.43 bits per heavy atom. The second-order valence-electron chi connectivity index (χ2n) is 4.12. The summed E-state index contributed by atoms with van der Waals surface area (Å²) in [7, 11) is 0. The molecule has 0 amide bonds. The van der Waals surface area contributed by atoms with Gasteiger partial charge in [0.2, 0.25) is 0 Å². The van der Waals surface area contributed by atoms with Crippen LogP contribution in [0.3, 0.4) is 0 Å². The molecule has 1 heteroatoms. The molecule has 2 atom stereocenters. The predicted octanol–water partition coefficient (Wildman–Crippen LogP) is 3.18. The van der Waals surface area contributed by atoms with Gasteiger partial charge in [-0.25, -0.2) is 0 Å². The Morgan fingerprint density at radius 1 is 1.29 bits per heavy atom. The normalized spacial score (nSPS) is 15.2. The Morgan fingerprint density at radius 2 is 1.93 bits per heavy atom. The van der Waals surface area contributed by atoms with Crippen LogP contribution in [0.25, 0.3) is 0 Å². The van der Waals surface area contributed by atoms with E-state index in [0.717, 1.165) is 6.42 Å². The smallest absolute Gasteiger partial charge is 0.0603 e. The van der Waals surface area contributed by atoms with Gasteiger partial charge >= 0.3 is 0 Å². The number of hydrogen-bond acceptors (Lipinski definition) is 1. The lowest BCUT2D eigenvalue weighted by atomic mass is 9.90. The summed E-state index contributed by atoms with van der Waals surface area (Å²) in [6, 6.07) is 6.42. The van der Waals surface area contributed by atoms with Crippen LogP contribution in [0, 0.1) is 13.8 Å². The van der Waals surface area contributed by atoms with Crippen LogP contribution in [0.2, 0.25) is 0 Å². The van der Waals surface area contributed by atoms with E-state index in [1.54, 1.807) is 0 Å². The van der Waals surface area contributed by atoms with E-state index >= 15 is 0 Å². The molecule has 78 valence electrons. The van der Waals surface area contributed by atoms with Crippen LogP contribution in [0.15, 0.2) is 18.2 Å². The van der Waals surface area contributed by atoms with Crippen LogP contribution in [-0.4, -0.2) is 11.2 Å². The van der Waals surface area contributed by atoms with Gasteiger partial charge in [-0.3, -0.25) is 0 Å². The molecule has 14 heavy (non-hydrogen) atoms. The summed E-state index contributed by atoms with van der Waals surface area (Å²) >= 11 is 0. The van der Waals surface area contributed by atoms with E-state index < -0.39 is 0 Å². The number of aryl methyl sites for hydroxylation is 2. The van der Waals surface area contributed by atoms with Crippen LogP contribution in [0.1, 0.15) is 42.9 Å². The first-order valence-corrected chi connectivity index (χ1v) is 5.31. The number of benzene rings is 1. The van der Waals surface area contributed by atoms with Gasteiger partial charge < -0.3 is 5.11 Å². The van der Waals surface area contributed by atoms with Crippen molar-refractivity contribution in [2.75, 3.05) is 0 Å². The fourth-order valence-electron chi connectivity index (χ4n) is 1.90. The number of aliphatic hydroxyl groups is 1. The standard InChI is InChI=1S/C13H20O/c1-5-13(14)11(4)12-7-6-9(2)8-10(12)3/h6-8,11,13-14H,5H2,1-4H3. The average Bonchev–Trinajstić information content (AvgIpc) is 2.15. The molecule has 0 radical (unpaired) electrons. The predicted molar refractivity (Wildman–Crippen MR) is 60.6 cm³/mol. The highest BCUT2D eigenvalue weighted by atomic mass is 16.3. The van der Waals surface area contributed by atoms with Crippen molar-refractivity contribution >= 4 is 0 Å². The SMILES string of the molecule is CCC(O)C(C)c1ccc(C)cc1C. The summed E-state index contributed by atoms with van der Waals surface area (Å²) in [5.74, 6) is 0.237. The van der Waals surface area contributed by atoms with Crippen molar-refractivity contribution in [2.45, 2.75) is 46.1 Å². The van der Waals surface area contributed by atoms with Gasteiger partial charge in [0, 0.05) is 5.92 Å². The van der Waals surface area contributed by atoms with Gasteiger partial charge in [-0.05, 0) is 31.4 Å². The van der Waals surface area contributed by atoms with E-state index in [0.29, 0.717) is 0 Å². The Labute approximate surface area is 86.8 Å². The minimum absolute atomic E-state index is 0.226. The molecule has 0 aliphatic carbocycles. The molecule has 0 fully saturated rings. The second-order valence-corrected chi connectivity index (χ2v) is 4.12. The van der Waals surface area contributed by atoms with Gasteiger partial charge in [0.15, 0.2) is 0 Å². The van der Waals surface area contributed by atoms with Crippen LogP contribution >= 0.6 is 0 Å². The van der Waals surface area contributed by atoms with Crippen molar-refractivity contribution in [1.29, 1.82) is 0 Å². The lowest BCUT2D eigenvalue weighted by molar-refractivity contribution is 0.145. The molecular formula is C13H20O. The lowest BCUT2D eigenvalue weighted by Gasteiger charge is -2.19. The first-order chi connectivity index (χ1) is 6.56. The van der Waals surface area contributed by atoms with Crippen molar-refractivity contribution in [1.82, 2.24) is 0 Å². The van der Waals surface area contributed by atoms with Crippen molar-refractivity contribution in [3.63, 3.8) is 0 Å². The van der Waals surface area contributed by atoms with Gasteiger partial charge in [0.1, 0.15) is 0 Å². The maximum atomic E-state index is 9.77. The summed E-state index contributed by atoms with van der Waals surface area (Å²) in [5.41, 5.74) is 3.83. The van der Waals surface area contributed by atoms with Crippen LogP contribution < -0.4 is 0 Å². The molecule has 0 aliphatic heterocycles. The number of rotatable bonds is 3. The topological polar surface area (TPSA) is 20.2 Å². The molecule has 1 nitrogen and oxygen atoms in total. The molecule has 0 spiro atoms. The minimum Gasteiger partial charge on any atom is -0.393 e. The van der Waals surface area contributed by atoms with E-state index in [1.807, 2.05) is 6.92 Å². The summed E-state index contributed by atoms with van der Waals surface area (Å²) in [4.78, 5) is 0. The zero-order valence-electron chi connectivity index (χ0n) is 9.54. The third kappa shape index (κ3) is 2.36. The Kier molecular flexibility index (Phi) is 3.70. The highest BCUT2D eigenvalue weighted by Crippen LogP contribution is 2.24. The highest BCUT2D eigenvalue weighted by molar-refractivity contribution is 5.33. The van der Waals surface area contributed by atoms with Gasteiger partial charge in [-0.15, -0.1) is 0 Å². The van der Waals surface area contributed by atoms with E-state index in [1.165, 1.54) is 16.7 Å². The van der Waals surface area contributed by atoms with Crippen LogP contribution in [0.5, 0.6) is 0 Å². The maximum absolute atomic E-state index is 9.77. The Bertz CT molecular complexity index is 304. The third-order valence-corrected chi connectivity index (χ3v) is 2.91. The van der Waals surface area contributed by atoms with E-state index in [4.69, 9.17) is 0 Å². The maximum Gasteiger partial charge on any atom is 0.0603 e. The average molecular weight is 192 g/mol. The Hall–Kier alpha value is -0.820. The minimum atomic E-state index is -0.226. The van der Waals surface area contributed by atoms with Crippen molar-refractivity contribution in [3.05, 3.63) is 34.9 Å². The fraction of sp³-hybridized carbons (Fsp3) is 0.538. The molecule has 2 unspecified atom stereocenters. The van der Waals surface area contributed by atoms with Crippen molar-refractivity contribution in [2.24, 2.45) is 0 Å². The van der Waals surface area contributed by atoms with E-state index in [2.05, 4.69) is 39.0 Å². The largest absolute Gasteiger partial charge is 0.393 e. The zero-order valence-corrected chi connectivity index (χ0v) is 9.54. The molecular weight excluding hydrogens is 172 g/mol. The molecule has 0 saturated heterocycles. The van der Waals surface area contributed by atoms with Crippen LogP contribution in [0.4, 0.5) is 0 Å². The summed E-state index contributed by atoms with van der Waals surface area (Å²) in [5, 5.41) is 9.77. The van der Waals surface area contributed by atoms with E-state index in [-0.39, 0.29) is 12.0 Å². The molecule has 0 aromatic heterocycles. The molecule has 1 rings (SSSR count). The second kappa shape index (κ2) is 4.61. The lowest BCUT2D eigenvalue weighted by Crippen LogP contribution is -2.15. The molecule has 1 aromatic carbocycles. The van der Waals surface area contributed by atoms with Gasteiger partial charge in [0.25, 0.3) is 0 Å². The fourth-order valence-corrected chi connectivity index (χ4v) is 1.90. The molecule has 0 saturated carbocycles. The number of hydrogen-bond donors (Lipinski definition) is 1. The molecule has 0 bridgehead atoms. The summed E-state index contributed by atoms with van der Waals surface area (Å²) < 4.78 is 0. The molecule has 1 N–H and O–H groups in total. The molecule has 0 aliphatic rings. The first kappa shape index (κ1) is 11.3. The summed E-state index contributed by atoms with van der Waals surface area (Å²) in [6.45, 7) is 8.31. The Balaban J connectivity index is 2.95. The number of aliphatic hydroxyl groups excluding tert-OH is 1. The van der Waals surface area contributed by atoms with Crippen molar-refractivity contribution in [3.8, 4) is 0 Å². The van der Waals surface area contributed by atoms with Crippen molar-refractivity contribution < 1.29 is 5.11 Å². The van der Waals surface area contributed by atoms with Gasteiger partial charge in [-0.1, -0.05) is 37.6 Å². The van der Waals surface area contributed by atoms with Crippen LogP contribution in [-0.2, 0) is 0 Å². The summed E-state index contributed by atoms with van der Waals surface area (Å²) in [6.07, 6.45) is 0.588. The van der Waals surface area contributed by atoms with Gasteiger partial charge in [0.05, 0.1) is 6.10 Å². The first-order valence-electron chi connectivity index (χ1n) is 5.31. The highest BCUT2D eigenvalue weighted by Gasteiger charge is 2.15. The molecule has 1 aromatic rings. The molecule has 0 heterocycles. The monoisotopic (exact) mass is 192 g/mol. The quantitative estimate of drug-likeness (QED) is 0.780. The third-order valence-electron chi connectivity index (χ3n) is 2.91. The zero-order chi connectivity index (χ0) is 10.7.